The molecule has 0 fully saturated rings. The fourth-order valence-electron chi connectivity index (χ4n) is 2.27. The van der Waals surface area contributed by atoms with Crippen LogP contribution in [0.1, 0.15) is 15.9 Å². The minimum Gasteiger partial charge on any atom is -0.456 e. The second-order valence-corrected chi connectivity index (χ2v) is 6.27. The summed E-state index contributed by atoms with van der Waals surface area (Å²) in [4.78, 5) is 16.3. The van der Waals surface area contributed by atoms with E-state index in [2.05, 4.69) is 16.6 Å². The Morgan fingerprint density at radius 3 is 2.44 bits per heavy atom. The quantitative estimate of drug-likeness (QED) is 0.680. The van der Waals surface area contributed by atoms with Gasteiger partial charge >= 0.3 is 0 Å². The number of anilines is 1. The third kappa shape index (κ3) is 4.84. The number of benzene rings is 2. The summed E-state index contributed by atoms with van der Waals surface area (Å²) in [6, 6.07) is 18.5. The Morgan fingerprint density at radius 2 is 1.80 bits per heavy atom. The van der Waals surface area contributed by atoms with E-state index in [9.17, 15) is 4.79 Å². The van der Waals surface area contributed by atoms with Gasteiger partial charge in [-0.2, -0.15) is 11.8 Å². The highest BCUT2D eigenvalue weighted by Gasteiger charge is 2.07. The van der Waals surface area contributed by atoms with Crippen molar-refractivity contribution < 1.29 is 9.53 Å². The lowest BCUT2D eigenvalue weighted by molar-refractivity contribution is 0.102. The second kappa shape index (κ2) is 8.35. The monoisotopic (exact) mass is 350 g/mol. The van der Waals surface area contributed by atoms with E-state index < -0.39 is 0 Å². The van der Waals surface area contributed by atoms with E-state index in [0.717, 1.165) is 11.4 Å². The second-order valence-electron chi connectivity index (χ2n) is 5.40. The summed E-state index contributed by atoms with van der Waals surface area (Å²) >= 11 is 1.77. The normalized spacial score (nSPS) is 10.3. The van der Waals surface area contributed by atoms with Crippen molar-refractivity contribution in [3.05, 3.63) is 84.2 Å². The minimum atomic E-state index is -0.148. The molecule has 0 unspecified atom stereocenters. The maximum absolute atomic E-state index is 12.3. The van der Waals surface area contributed by atoms with Crippen LogP contribution >= 0.6 is 11.8 Å². The smallest absolute Gasteiger partial charge is 0.255 e. The van der Waals surface area contributed by atoms with Gasteiger partial charge in [0.25, 0.3) is 5.91 Å². The molecule has 5 heteroatoms. The average Bonchev–Trinajstić information content (AvgIpc) is 2.65. The predicted octanol–water partition coefficient (Wildman–Crippen LogP) is 4.99. The lowest BCUT2D eigenvalue weighted by Gasteiger charge is -2.08. The highest BCUT2D eigenvalue weighted by molar-refractivity contribution is 7.97. The van der Waals surface area contributed by atoms with Gasteiger partial charge in [-0.15, -0.1) is 0 Å². The fourth-order valence-corrected chi connectivity index (χ4v) is 2.80. The van der Waals surface area contributed by atoms with Gasteiger partial charge < -0.3 is 10.1 Å². The fraction of sp³-hybridized carbons (Fsp3) is 0.100. The van der Waals surface area contributed by atoms with Gasteiger partial charge in [0, 0.05) is 23.2 Å². The van der Waals surface area contributed by atoms with E-state index in [-0.39, 0.29) is 5.91 Å². The first-order valence-corrected chi connectivity index (χ1v) is 9.21. The van der Waals surface area contributed by atoms with Crippen LogP contribution in [0.2, 0.25) is 0 Å². The third-order valence-corrected chi connectivity index (χ3v) is 4.13. The molecule has 0 radical (unpaired) electrons. The number of pyridine rings is 1. The van der Waals surface area contributed by atoms with Gasteiger partial charge in [0.2, 0.25) is 0 Å². The van der Waals surface area contributed by atoms with Gasteiger partial charge in [0.05, 0.1) is 6.20 Å². The van der Waals surface area contributed by atoms with E-state index >= 15 is 0 Å². The zero-order chi connectivity index (χ0) is 17.5. The molecule has 4 nitrogen and oxygen atoms in total. The van der Waals surface area contributed by atoms with E-state index in [0.29, 0.717) is 17.1 Å². The van der Waals surface area contributed by atoms with Crippen molar-refractivity contribution in [3.63, 3.8) is 0 Å². The summed E-state index contributed by atoms with van der Waals surface area (Å²) in [6.07, 6.45) is 5.40. The third-order valence-electron chi connectivity index (χ3n) is 3.51. The summed E-state index contributed by atoms with van der Waals surface area (Å²) in [7, 11) is 0. The van der Waals surface area contributed by atoms with Crippen molar-refractivity contribution in [3.8, 4) is 11.5 Å². The number of amides is 1. The Morgan fingerprint density at radius 1 is 1.04 bits per heavy atom. The Balaban J connectivity index is 1.62. The molecule has 1 heterocycles. The van der Waals surface area contributed by atoms with Crippen LogP contribution in [0.3, 0.4) is 0 Å². The number of rotatable bonds is 6. The Labute approximate surface area is 151 Å². The van der Waals surface area contributed by atoms with E-state index in [1.807, 2.05) is 36.4 Å². The number of carbonyl (C=O) groups excluding carboxylic acids is 1. The Hall–Kier alpha value is -2.79. The summed E-state index contributed by atoms with van der Waals surface area (Å²) < 4.78 is 5.67. The molecule has 0 atom stereocenters. The summed E-state index contributed by atoms with van der Waals surface area (Å²) in [6.45, 7) is 0. The SMILES string of the molecule is CSCc1ccc(NC(=O)c2ccc(Oc3cccnc3)cc2)cc1. The maximum atomic E-state index is 12.3. The van der Waals surface area contributed by atoms with Gasteiger partial charge in [0.15, 0.2) is 0 Å². The van der Waals surface area contributed by atoms with Crippen LogP contribution < -0.4 is 10.1 Å². The molecule has 126 valence electrons. The minimum absolute atomic E-state index is 0.148. The van der Waals surface area contributed by atoms with Crippen molar-refractivity contribution in [1.29, 1.82) is 0 Å². The number of carbonyl (C=O) groups is 1. The molecule has 1 aromatic heterocycles. The molecular formula is C20H18N2O2S. The lowest BCUT2D eigenvalue weighted by Crippen LogP contribution is -2.11. The number of thioether (sulfide) groups is 1. The number of nitrogens with zero attached hydrogens (tertiary/aromatic N) is 1. The van der Waals surface area contributed by atoms with Crippen molar-refractivity contribution in [2.24, 2.45) is 0 Å². The van der Waals surface area contributed by atoms with Gasteiger partial charge in [-0.1, -0.05) is 12.1 Å². The van der Waals surface area contributed by atoms with Crippen LogP contribution in [0, 0.1) is 0 Å². The summed E-state index contributed by atoms with van der Waals surface area (Å²) in [5.41, 5.74) is 2.60. The standard InChI is InChI=1S/C20H18N2O2S/c1-25-14-15-4-8-17(9-5-15)22-20(23)16-6-10-18(11-7-16)24-19-3-2-12-21-13-19/h2-13H,14H2,1H3,(H,22,23). The number of hydrogen-bond donors (Lipinski definition) is 1. The topological polar surface area (TPSA) is 51.2 Å². The molecule has 1 N–H and O–H groups in total. The maximum Gasteiger partial charge on any atom is 0.255 e. The summed E-state index contributed by atoms with van der Waals surface area (Å²) in [5.74, 6) is 2.13. The molecule has 0 aliphatic heterocycles. The highest BCUT2D eigenvalue weighted by Crippen LogP contribution is 2.21. The van der Waals surface area contributed by atoms with Crippen molar-refractivity contribution >= 4 is 23.4 Å². The lowest BCUT2D eigenvalue weighted by atomic mass is 10.2. The molecule has 25 heavy (non-hydrogen) atoms. The summed E-state index contributed by atoms with van der Waals surface area (Å²) in [5, 5.41) is 2.90. The molecule has 0 aliphatic carbocycles. The van der Waals surface area contributed by atoms with Crippen LogP contribution in [-0.4, -0.2) is 17.1 Å². The number of ether oxygens (including phenoxy) is 1. The molecule has 1 amide bonds. The first kappa shape index (κ1) is 17.0. The first-order chi connectivity index (χ1) is 12.2. The molecule has 0 aliphatic rings. The largest absolute Gasteiger partial charge is 0.456 e. The van der Waals surface area contributed by atoms with E-state index in [1.54, 1.807) is 48.4 Å². The van der Waals surface area contributed by atoms with Crippen LogP contribution in [0.4, 0.5) is 5.69 Å². The zero-order valence-electron chi connectivity index (χ0n) is 13.8. The Kier molecular flexibility index (Phi) is 5.69. The number of aromatic nitrogens is 1. The van der Waals surface area contributed by atoms with Gasteiger partial charge in [-0.3, -0.25) is 9.78 Å². The molecule has 0 spiro atoms. The first-order valence-electron chi connectivity index (χ1n) is 7.82. The van der Waals surface area contributed by atoms with Crippen molar-refractivity contribution in [1.82, 2.24) is 4.98 Å². The van der Waals surface area contributed by atoms with E-state index in [1.165, 1.54) is 5.56 Å². The molecule has 0 saturated heterocycles. The van der Waals surface area contributed by atoms with Gasteiger partial charge in [-0.05, 0) is 60.4 Å². The average molecular weight is 350 g/mol. The van der Waals surface area contributed by atoms with E-state index in [4.69, 9.17) is 4.74 Å². The van der Waals surface area contributed by atoms with Gasteiger partial charge in [-0.25, -0.2) is 0 Å². The molecular weight excluding hydrogens is 332 g/mol. The van der Waals surface area contributed by atoms with Crippen LogP contribution in [0.5, 0.6) is 11.5 Å². The molecule has 0 saturated carbocycles. The predicted molar refractivity (Wildman–Crippen MR) is 102 cm³/mol. The van der Waals surface area contributed by atoms with Crippen LogP contribution in [-0.2, 0) is 5.75 Å². The van der Waals surface area contributed by atoms with Gasteiger partial charge in [0.1, 0.15) is 11.5 Å². The van der Waals surface area contributed by atoms with Crippen molar-refractivity contribution in [2.75, 3.05) is 11.6 Å². The Bertz CT molecular complexity index is 819. The highest BCUT2D eigenvalue weighted by atomic mass is 32.2. The molecule has 2 aromatic carbocycles. The number of nitrogens with one attached hydrogen (secondary N) is 1. The molecule has 3 rings (SSSR count). The number of hydrogen-bond acceptors (Lipinski definition) is 4. The van der Waals surface area contributed by atoms with Crippen molar-refractivity contribution in [2.45, 2.75) is 5.75 Å². The van der Waals surface area contributed by atoms with Crippen LogP contribution in [0.25, 0.3) is 0 Å². The zero-order valence-corrected chi connectivity index (χ0v) is 14.6. The molecule has 3 aromatic rings. The molecule has 0 bridgehead atoms. The van der Waals surface area contributed by atoms with Crippen LogP contribution in [0.15, 0.2) is 73.1 Å².